The van der Waals surface area contributed by atoms with E-state index in [9.17, 15) is 14.7 Å². The number of fused-ring (bicyclic) bond motifs is 1. The van der Waals surface area contributed by atoms with Gasteiger partial charge < -0.3 is 19.1 Å². The highest BCUT2D eigenvalue weighted by molar-refractivity contribution is 5.74. The molecular weight excluding hydrogens is 368 g/mol. The molecule has 11 nitrogen and oxygen atoms in total. The number of aryl methyl sites for hydroxylation is 1. The number of hydrogen-bond acceptors (Lipinski definition) is 8. The third kappa shape index (κ3) is 3.44. The topological polar surface area (TPSA) is 139 Å². The van der Waals surface area contributed by atoms with E-state index >= 15 is 0 Å². The number of anilines is 1. The zero-order valence-corrected chi connectivity index (χ0v) is 15.7. The van der Waals surface area contributed by atoms with Gasteiger partial charge in [0.2, 0.25) is 5.95 Å². The number of imidazole rings is 1. The van der Waals surface area contributed by atoms with E-state index in [1.165, 1.54) is 23.2 Å². The van der Waals surface area contributed by atoms with E-state index in [1.807, 2.05) is 0 Å². The molecule has 3 aromatic rings. The van der Waals surface area contributed by atoms with Gasteiger partial charge in [0.05, 0.1) is 13.7 Å². The monoisotopic (exact) mass is 390 g/mol. The number of ether oxygens (including phenoxy) is 2. The standard InChI is InChI=1S/C17H22N6O5/c1-21-14-13(15(25)22(2)17(21)26)23(16(19-14)20-18)8-10(24)9-28-12-6-4-11(27-3)5-7-12/h4-7,10,24H,8-9,18H2,1-3H3,(H,19,20). The first-order chi connectivity index (χ1) is 13.4. The largest absolute Gasteiger partial charge is 0.497 e. The molecule has 0 saturated carbocycles. The number of methoxy groups -OCH3 is 1. The number of nitrogen functional groups attached to an aromatic ring is 1. The van der Waals surface area contributed by atoms with E-state index in [1.54, 1.807) is 31.4 Å². The molecule has 0 aliphatic heterocycles. The average molecular weight is 390 g/mol. The van der Waals surface area contributed by atoms with Gasteiger partial charge in [0, 0.05) is 14.1 Å². The lowest BCUT2D eigenvalue weighted by molar-refractivity contribution is 0.0938. The summed E-state index contributed by atoms with van der Waals surface area (Å²) < 4.78 is 14.3. The molecule has 0 amide bonds. The predicted octanol–water partition coefficient (Wildman–Crippen LogP) is -0.832. The minimum absolute atomic E-state index is 0.0143. The van der Waals surface area contributed by atoms with Gasteiger partial charge in [-0.1, -0.05) is 0 Å². The fraction of sp³-hybridized carbons (Fsp3) is 0.353. The molecular formula is C17H22N6O5. The lowest BCUT2D eigenvalue weighted by atomic mass is 10.3. The molecule has 0 bridgehead atoms. The maximum absolute atomic E-state index is 12.6. The zero-order chi connectivity index (χ0) is 20.4. The molecule has 0 fully saturated rings. The van der Waals surface area contributed by atoms with Gasteiger partial charge in [-0.05, 0) is 24.3 Å². The minimum Gasteiger partial charge on any atom is -0.497 e. The second-order valence-electron chi connectivity index (χ2n) is 6.21. The smallest absolute Gasteiger partial charge is 0.332 e. The van der Waals surface area contributed by atoms with Crippen LogP contribution in [0.5, 0.6) is 11.5 Å². The molecule has 0 aliphatic rings. The van der Waals surface area contributed by atoms with Crippen LogP contribution in [0.4, 0.5) is 5.95 Å². The third-order valence-electron chi connectivity index (χ3n) is 4.37. The molecule has 1 aromatic carbocycles. The molecule has 2 aromatic heterocycles. The van der Waals surface area contributed by atoms with E-state index < -0.39 is 17.4 Å². The lowest BCUT2D eigenvalue weighted by Crippen LogP contribution is -2.38. The van der Waals surface area contributed by atoms with Crippen LogP contribution in [-0.4, -0.2) is 43.6 Å². The van der Waals surface area contributed by atoms with Crippen LogP contribution < -0.4 is 32.0 Å². The van der Waals surface area contributed by atoms with Crippen LogP contribution >= 0.6 is 0 Å². The Kier molecular flexibility index (Phi) is 5.38. The van der Waals surface area contributed by atoms with Gasteiger partial charge >= 0.3 is 5.69 Å². The molecule has 1 unspecified atom stereocenters. The summed E-state index contributed by atoms with van der Waals surface area (Å²) >= 11 is 0. The van der Waals surface area contributed by atoms with E-state index in [-0.39, 0.29) is 30.3 Å². The quantitative estimate of drug-likeness (QED) is 0.351. The van der Waals surface area contributed by atoms with E-state index in [0.29, 0.717) is 11.5 Å². The number of benzene rings is 1. The number of nitrogens with two attached hydrogens (primary N) is 1. The Balaban J connectivity index is 1.86. The molecule has 28 heavy (non-hydrogen) atoms. The Morgan fingerprint density at radius 1 is 1.18 bits per heavy atom. The first kappa shape index (κ1) is 19.5. The van der Waals surface area contributed by atoms with Crippen molar-refractivity contribution in [3.05, 3.63) is 45.1 Å². The summed E-state index contributed by atoms with van der Waals surface area (Å²) in [7, 11) is 4.45. The number of nitrogens with zero attached hydrogens (tertiary/aromatic N) is 4. The van der Waals surface area contributed by atoms with Crippen LogP contribution in [0.15, 0.2) is 33.9 Å². The van der Waals surface area contributed by atoms with Gasteiger partial charge in [-0.15, -0.1) is 0 Å². The fourth-order valence-electron chi connectivity index (χ4n) is 2.86. The van der Waals surface area contributed by atoms with Crippen molar-refractivity contribution in [3.8, 4) is 11.5 Å². The molecule has 0 saturated heterocycles. The van der Waals surface area contributed by atoms with Crippen LogP contribution in [0.2, 0.25) is 0 Å². The summed E-state index contributed by atoms with van der Waals surface area (Å²) in [6, 6.07) is 6.92. The van der Waals surface area contributed by atoms with Gasteiger partial charge in [-0.25, -0.2) is 10.6 Å². The minimum atomic E-state index is -0.964. The Bertz CT molecular complexity index is 1100. The van der Waals surface area contributed by atoms with Crippen molar-refractivity contribution < 1.29 is 14.6 Å². The summed E-state index contributed by atoms with van der Waals surface area (Å²) in [5.74, 6) is 6.91. The Labute approximate surface area is 159 Å². The van der Waals surface area contributed by atoms with Gasteiger partial charge in [0.15, 0.2) is 11.2 Å². The van der Waals surface area contributed by atoms with Crippen molar-refractivity contribution in [3.63, 3.8) is 0 Å². The van der Waals surface area contributed by atoms with Crippen LogP contribution in [0.25, 0.3) is 11.2 Å². The van der Waals surface area contributed by atoms with Crippen molar-refractivity contribution in [2.24, 2.45) is 19.9 Å². The van der Waals surface area contributed by atoms with Gasteiger partial charge in [-0.3, -0.25) is 19.4 Å². The van der Waals surface area contributed by atoms with E-state index in [4.69, 9.17) is 15.3 Å². The predicted molar refractivity (Wildman–Crippen MR) is 103 cm³/mol. The molecule has 0 radical (unpaired) electrons. The number of hydrazine groups is 1. The summed E-state index contributed by atoms with van der Waals surface area (Å²) in [6.07, 6.45) is -0.964. The van der Waals surface area contributed by atoms with Gasteiger partial charge in [0.25, 0.3) is 5.56 Å². The molecule has 150 valence electrons. The van der Waals surface area contributed by atoms with Crippen LogP contribution in [0, 0.1) is 0 Å². The normalized spacial score (nSPS) is 12.2. The number of aliphatic hydroxyl groups is 1. The highest BCUT2D eigenvalue weighted by Gasteiger charge is 2.20. The van der Waals surface area contributed by atoms with Crippen molar-refractivity contribution in [1.82, 2.24) is 18.7 Å². The summed E-state index contributed by atoms with van der Waals surface area (Å²) in [4.78, 5) is 28.8. The zero-order valence-electron chi connectivity index (χ0n) is 15.7. The number of aliphatic hydroxyl groups excluding tert-OH is 1. The number of nitrogens with one attached hydrogen (secondary N) is 1. The second-order valence-corrected chi connectivity index (χ2v) is 6.21. The molecule has 11 heteroatoms. The molecule has 0 spiro atoms. The summed E-state index contributed by atoms with van der Waals surface area (Å²) in [6.45, 7) is -0.0400. The summed E-state index contributed by atoms with van der Waals surface area (Å²) in [5, 5.41) is 10.4. The molecule has 1 atom stereocenters. The van der Waals surface area contributed by atoms with Gasteiger partial charge in [-0.2, -0.15) is 4.98 Å². The SMILES string of the molecule is COc1ccc(OCC(O)Cn2c(NN)nc3c2c(=O)n(C)c(=O)n3C)cc1. The maximum atomic E-state index is 12.6. The van der Waals surface area contributed by atoms with Crippen molar-refractivity contribution >= 4 is 17.1 Å². The maximum Gasteiger partial charge on any atom is 0.332 e. The first-order valence-electron chi connectivity index (χ1n) is 8.45. The summed E-state index contributed by atoms with van der Waals surface area (Å²) in [5.41, 5.74) is 1.68. The van der Waals surface area contributed by atoms with Crippen molar-refractivity contribution in [2.75, 3.05) is 19.1 Å². The van der Waals surface area contributed by atoms with Crippen LogP contribution in [0.3, 0.4) is 0 Å². The van der Waals surface area contributed by atoms with E-state index in [2.05, 4.69) is 10.4 Å². The van der Waals surface area contributed by atoms with Crippen molar-refractivity contribution in [1.29, 1.82) is 0 Å². The molecule has 0 aliphatic carbocycles. The highest BCUT2D eigenvalue weighted by Crippen LogP contribution is 2.18. The lowest BCUT2D eigenvalue weighted by Gasteiger charge is -2.15. The number of rotatable bonds is 7. The van der Waals surface area contributed by atoms with Gasteiger partial charge in [0.1, 0.15) is 24.2 Å². The Morgan fingerprint density at radius 2 is 1.82 bits per heavy atom. The van der Waals surface area contributed by atoms with Crippen molar-refractivity contribution in [2.45, 2.75) is 12.6 Å². The second kappa shape index (κ2) is 7.74. The molecule has 2 heterocycles. The molecule has 4 N–H and O–H groups in total. The highest BCUT2D eigenvalue weighted by atomic mass is 16.5. The average Bonchev–Trinajstić information content (AvgIpc) is 3.07. The number of aromatic nitrogens is 4. The first-order valence-corrected chi connectivity index (χ1v) is 8.45. The fourth-order valence-corrected chi connectivity index (χ4v) is 2.86. The Morgan fingerprint density at radius 3 is 2.43 bits per heavy atom. The molecule has 3 rings (SSSR count). The van der Waals surface area contributed by atoms with Crippen LogP contribution in [-0.2, 0) is 20.6 Å². The Hall–Kier alpha value is -3.31. The van der Waals surface area contributed by atoms with Crippen LogP contribution in [0.1, 0.15) is 0 Å². The number of hydrogen-bond donors (Lipinski definition) is 3. The third-order valence-corrected chi connectivity index (χ3v) is 4.37. The van der Waals surface area contributed by atoms with E-state index in [0.717, 1.165) is 4.57 Å².